The van der Waals surface area contributed by atoms with Crippen LogP contribution in [0.4, 0.5) is 4.79 Å². The van der Waals surface area contributed by atoms with Gasteiger partial charge in [-0.15, -0.1) is 0 Å². The number of nitrogens with one attached hydrogen (secondary N) is 2. The van der Waals surface area contributed by atoms with Gasteiger partial charge in [0, 0.05) is 17.4 Å². The molecular formula is C23H35N3O7S. The predicted octanol–water partition coefficient (Wildman–Crippen LogP) is 2.09. The van der Waals surface area contributed by atoms with Crippen molar-refractivity contribution in [2.45, 2.75) is 65.3 Å². The Morgan fingerprint density at radius 2 is 1.79 bits per heavy atom. The van der Waals surface area contributed by atoms with Crippen molar-refractivity contribution >= 4 is 36.5 Å². The molecule has 0 bridgehead atoms. The third-order valence-corrected chi connectivity index (χ3v) is 5.07. The Bertz CT molecular complexity index is 899. The SMILES string of the molecule is COC(=O)CNC(=O)C(c1cccc(C)c1O)N(C(=O)C(CS)NC(=O)OC(C)(C)C)C(C)C. The molecule has 0 aromatic heterocycles. The first-order chi connectivity index (χ1) is 15.7. The van der Waals surface area contributed by atoms with E-state index < -0.39 is 54.1 Å². The molecule has 0 aliphatic carbocycles. The number of alkyl carbamates (subject to hydrolysis) is 1. The van der Waals surface area contributed by atoms with E-state index in [4.69, 9.17) is 4.74 Å². The Hall–Kier alpha value is -2.95. The van der Waals surface area contributed by atoms with Crippen molar-refractivity contribution in [2.24, 2.45) is 0 Å². The summed E-state index contributed by atoms with van der Waals surface area (Å²) < 4.78 is 9.81. The van der Waals surface area contributed by atoms with Crippen LogP contribution >= 0.6 is 12.6 Å². The van der Waals surface area contributed by atoms with E-state index in [9.17, 15) is 24.3 Å². The zero-order valence-corrected chi connectivity index (χ0v) is 21.6. The highest BCUT2D eigenvalue weighted by Gasteiger charge is 2.38. The predicted molar refractivity (Wildman–Crippen MR) is 130 cm³/mol. The lowest BCUT2D eigenvalue weighted by Crippen LogP contribution is -2.56. The minimum atomic E-state index is -1.31. The minimum Gasteiger partial charge on any atom is -0.507 e. The summed E-state index contributed by atoms with van der Waals surface area (Å²) in [4.78, 5) is 51.9. The number of rotatable bonds is 9. The summed E-state index contributed by atoms with van der Waals surface area (Å²) in [6.07, 6.45) is -0.811. The Morgan fingerprint density at radius 1 is 1.18 bits per heavy atom. The Morgan fingerprint density at radius 3 is 2.29 bits per heavy atom. The molecule has 11 heteroatoms. The number of amides is 3. The van der Waals surface area contributed by atoms with Crippen LogP contribution in [0.15, 0.2) is 18.2 Å². The number of phenolic OH excluding ortho intramolecular Hbond substituents is 1. The number of aryl methyl sites for hydroxylation is 1. The third kappa shape index (κ3) is 8.12. The van der Waals surface area contributed by atoms with Crippen LogP contribution in [0.3, 0.4) is 0 Å². The van der Waals surface area contributed by atoms with Crippen LogP contribution in [0.1, 0.15) is 51.8 Å². The second kappa shape index (κ2) is 12.5. The summed E-state index contributed by atoms with van der Waals surface area (Å²) in [7, 11) is 1.18. The molecule has 0 heterocycles. The molecule has 0 radical (unpaired) electrons. The van der Waals surface area contributed by atoms with E-state index >= 15 is 0 Å². The van der Waals surface area contributed by atoms with Gasteiger partial charge in [-0.3, -0.25) is 14.4 Å². The van der Waals surface area contributed by atoms with Gasteiger partial charge in [-0.2, -0.15) is 12.6 Å². The molecule has 3 amide bonds. The normalized spacial score (nSPS) is 13.0. The highest BCUT2D eigenvalue weighted by molar-refractivity contribution is 7.80. The molecule has 190 valence electrons. The summed E-state index contributed by atoms with van der Waals surface area (Å²) >= 11 is 4.20. The van der Waals surface area contributed by atoms with Gasteiger partial charge in [-0.05, 0) is 47.1 Å². The lowest BCUT2D eigenvalue weighted by Gasteiger charge is -2.37. The van der Waals surface area contributed by atoms with Crippen LogP contribution in [-0.2, 0) is 23.9 Å². The molecule has 2 atom stereocenters. The second-order valence-electron chi connectivity index (χ2n) is 8.93. The number of carbonyl (C=O) groups is 4. The topological polar surface area (TPSA) is 134 Å². The minimum absolute atomic E-state index is 0.0718. The monoisotopic (exact) mass is 497 g/mol. The molecule has 10 nitrogen and oxygen atoms in total. The number of ether oxygens (including phenoxy) is 2. The molecule has 0 aliphatic heterocycles. The lowest BCUT2D eigenvalue weighted by atomic mass is 9.98. The molecule has 0 aliphatic rings. The van der Waals surface area contributed by atoms with Crippen molar-refractivity contribution in [2.75, 3.05) is 19.4 Å². The third-order valence-electron chi connectivity index (χ3n) is 4.71. The largest absolute Gasteiger partial charge is 0.507 e. The van der Waals surface area contributed by atoms with Gasteiger partial charge in [0.2, 0.25) is 11.8 Å². The molecule has 3 N–H and O–H groups in total. The number of methoxy groups -OCH3 is 1. The maximum Gasteiger partial charge on any atom is 0.408 e. The van der Waals surface area contributed by atoms with Crippen LogP contribution in [0.5, 0.6) is 5.75 Å². The van der Waals surface area contributed by atoms with Gasteiger partial charge in [-0.25, -0.2) is 4.79 Å². The average Bonchev–Trinajstić information content (AvgIpc) is 2.74. The zero-order valence-electron chi connectivity index (χ0n) is 20.7. The van der Waals surface area contributed by atoms with E-state index in [-0.39, 0.29) is 17.1 Å². The molecule has 2 unspecified atom stereocenters. The number of hydrogen-bond donors (Lipinski definition) is 4. The second-order valence-corrected chi connectivity index (χ2v) is 9.30. The number of esters is 1. The fraction of sp³-hybridized carbons (Fsp3) is 0.565. The summed E-state index contributed by atoms with van der Waals surface area (Å²) in [5, 5.41) is 15.6. The molecular weight excluding hydrogens is 462 g/mol. The van der Waals surface area contributed by atoms with Gasteiger partial charge < -0.3 is 30.1 Å². The van der Waals surface area contributed by atoms with Crippen LogP contribution in [0, 0.1) is 6.92 Å². The number of para-hydroxylation sites is 1. The summed E-state index contributed by atoms with van der Waals surface area (Å²) in [5.41, 5.74) is -0.119. The number of carbonyl (C=O) groups excluding carboxylic acids is 4. The van der Waals surface area contributed by atoms with Crippen LogP contribution in [-0.4, -0.2) is 71.0 Å². The molecule has 1 aromatic rings. The Balaban J connectivity index is 3.43. The highest BCUT2D eigenvalue weighted by Crippen LogP contribution is 2.33. The van der Waals surface area contributed by atoms with Gasteiger partial charge in [0.25, 0.3) is 0 Å². The Labute approximate surface area is 205 Å². The maximum absolute atomic E-state index is 13.6. The Kier molecular flexibility index (Phi) is 10.7. The van der Waals surface area contributed by atoms with E-state index in [0.29, 0.717) is 5.56 Å². The van der Waals surface area contributed by atoms with E-state index in [2.05, 4.69) is 28.0 Å². The van der Waals surface area contributed by atoms with E-state index in [0.717, 1.165) is 0 Å². The number of nitrogens with zero attached hydrogens (tertiary/aromatic N) is 1. The number of thiol groups is 1. The molecule has 0 saturated heterocycles. The molecule has 34 heavy (non-hydrogen) atoms. The molecule has 0 saturated carbocycles. The smallest absolute Gasteiger partial charge is 0.408 e. The lowest BCUT2D eigenvalue weighted by molar-refractivity contribution is -0.145. The maximum atomic E-state index is 13.6. The molecule has 1 aromatic carbocycles. The summed E-state index contributed by atoms with van der Waals surface area (Å²) in [5.74, 6) is -2.24. The van der Waals surface area contributed by atoms with Crippen molar-refractivity contribution in [1.29, 1.82) is 0 Å². The van der Waals surface area contributed by atoms with Gasteiger partial charge in [0.05, 0.1) is 7.11 Å². The van der Waals surface area contributed by atoms with E-state index in [1.807, 2.05) is 0 Å². The zero-order chi connectivity index (χ0) is 26.2. The van der Waals surface area contributed by atoms with Gasteiger partial charge >= 0.3 is 12.1 Å². The standard InChI is InChI=1S/C23H35N3O7S/c1-13(2)26(21(30)16(12-34)25-22(31)33-23(4,5)6)18(20(29)24-11-17(27)32-7)15-10-8-9-14(3)19(15)28/h8-10,13,16,18,28,34H,11-12H2,1-7H3,(H,24,29)(H,25,31). The van der Waals surface area contributed by atoms with Crippen molar-refractivity contribution in [1.82, 2.24) is 15.5 Å². The van der Waals surface area contributed by atoms with Crippen LogP contribution in [0.25, 0.3) is 0 Å². The van der Waals surface area contributed by atoms with Gasteiger partial charge in [-0.1, -0.05) is 18.2 Å². The fourth-order valence-corrected chi connectivity index (χ4v) is 3.39. The fourth-order valence-electron chi connectivity index (χ4n) is 3.14. The number of aromatic hydroxyl groups is 1. The quantitative estimate of drug-likeness (QED) is 0.303. The molecule has 0 fully saturated rings. The number of benzene rings is 1. The first kappa shape index (κ1) is 29.1. The average molecular weight is 498 g/mol. The molecule has 0 spiro atoms. The van der Waals surface area contributed by atoms with Crippen molar-refractivity contribution in [3.8, 4) is 5.75 Å². The highest BCUT2D eigenvalue weighted by atomic mass is 32.1. The van der Waals surface area contributed by atoms with Crippen molar-refractivity contribution < 1.29 is 33.8 Å². The summed E-state index contributed by atoms with van der Waals surface area (Å²) in [6, 6.07) is 1.85. The molecule has 1 rings (SSSR count). The van der Waals surface area contributed by atoms with E-state index in [1.165, 1.54) is 18.1 Å². The first-order valence-corrected chi connectivity index (χ1v) is 11.4. The number of hydrogen-bond acceptors (Lipinski definition) is 8. The van der Waals surface area contributed by atoms with Gasteiger partial charge in [0.1, 0.15) is 30.0 Å². The summed E-state index contributed by atoms with van der Waals surface area (Å²) in [6.45, 7) is 9.67. The van der Waals surface area contributed by atoms with Crippen molar-refractivity contribution in [3.63, 3.8) is 0 Å². The van der Waals surface area contributed by atoms with E-state index in [1.54, 1.807) is 53.7 Å². The van der Waals surface area contributed by atoms with Crippen molar-refractivity contribution in [3.05, 3.63) is 29.3 Å². The number of phenols is 1. The van der Waals surface area contributed by atoms with Crippen LogP contribution in [0.2, 0.25) is 0 Å². The first-order valence-electron chi connectivity index (χ1n) is 10.8. The van der Waals surface area contributed by atoms with Gasteiger partial charge in [0.15, 0.2) is 0 Å². The van der Waals surface area contributed by atoms with Crippen LogP contribution < -0.4 is 10.6 Å².